The van der Waals surface area contributed by atoms with Crippen LogP contribution in [0.2, 0.25) is 0 Å². The molecule has 1 aliphatic rings. The summed E-state index contributed by atoms with van der Waals surface area (Å²) in [6, 6.07) is 0. The highest BCUT2D eigenvalue weighted by atomic mass is 32.2. The van der Waals surface area contributed by atoms with E-state index in [0.29, 0.717) is 5.25 Å². The first-order chi connectivity index (χ1) is 7.49. The van der Waals surface area contributed by atoms with Crippen LogP contribution >= 0.6 is 11.8 Å². The van der Waals surface area contributed by atoms with Crippen molar-refractivity contribution in [2.24, 2.45) is 17.8 Å². The van der Waals surface area contributed by atoms with Crippen LogP contribution < -0.4 is 0 Å². The molecule has 0 saturated heterocycles. The lowest BCUT2D eigenvalue weighted by Crippen LogP contribution is -2.40. The predicted molar refractivity (Wildman–Crippen MR) is 65.6 cm³/mol. The quantitative estimate of drug-likeness (QED) is 0.825. The van der Waals surface area contributed by atoms with Crippen molar-refractivity contribution in [1.82, 2.24) is 0 Å². The van der Waals surface area contributed by atoms with Crippen molar-refractivity contribution in [3.05, 3.63) is 0 Å². The topological polar surface area (TPSA) is 54.4 Å². The van der Waals surface area contributed by atoms with Crippen LogP contribution in [0, 0.1) is 17.8 Å². The first-order valence-electron chi connectivity index (χ1n) is 5.87. The zero-order chi connectivity index (χ0) is 12.3. The Morgan fingerprint density at radius 1 is 1.56 bits per heavy atom. The van der Waals surface area contributed by atoms with E-state index in [4.69, 9.17) is 5.11 Å². The summed E-state index contributed by atoms with van der Waals surface area (Å²) in [5, 5.41) is 9.33. The molecule has 1 aliphatic carbocycles. The van der Waals surface area contributed by atoms with Crippen LogP contribution in [0.25, 0.3) is 0 Å². The van der Waals surface area contributed by atoms with Crippen molar-refractivity contribution in [3.8, 4) is 0 Å². The van der Waals surface area contributed by atoms with Crippen molar-refractivity contribution in [3.63, 3.8) is 0 Å². The number of carbonyl (C=O) groups is 2. The summed E-state index contributed by atoms with van der Waals surface area (Å²) < 4.78 is 0. The Morgan fingerprint density at radius 2 is 2.19 bits per heavy atom. The molecule has 0 radical (unpaired) electrons. The second-order valence-electron chi connectivity index (χ2n) is 4.50. The van der Waals surface area contributed by atoms with Gasteiger partial charge < -0.3 is 5.11 Å². The molecule has 1 rings (SSSR count). The summed E-state index contributed by atoms with van der Waals surface area (Å²) in [5.74, 6) is -0.505. The molecule has 4 atom stereocenters. The summed E-state index contributed by atoms with van der Waals surface area (Å²) in [4.78, 5) is 23.0. The molecule has 1 N–H and O–H groups in total. The van der Waals surface area contributed by atoms with Gasteiger partial charge in [-0.05, 0) is 18.6 Å². The molecular formula is C12H20O3S. The van der Waals surface area contributed by atoms with E-state index in [1.54, 1.807) is 6.92 Å². The lowest BCUT2D eigenvalue weighted by atomic mass is 9.75. The number of rotatable bonds is 4. The minimum Gasteiger partial charge on any atom is -0.481 e. The van der Waals surface area contributed by atoms with E-state index in [1.807, 2.05) is 18.7 Å². The number of aliphatic carboxylic acids is 1. The van der Waals surface area contributed by atoms with Gasteiger partial charge in [-0.3, -0.25) is 9.59 Å². The molecule has 16 heavy (non-hydrogen) atoms. The second kappa shape index (κ2) is 5.71. The van der Waals surface area contributed by atoms with Gasteiger partial charge in [-0.25, -0.2) is 0 Å². The van der Waals surface area contributed by atoms with Crippen LogP contribution in [0.4, 0.5) is 0 Å². The minimum atomic E-state index is -0.854. The average molecular weight is 244 g/mol. The number of ketones is 1. The monoisotopic (exact) mass is 244 g/mol. The van der Waals surface area contributed by atoms with E-state index in [0.717, 1.165) is 18.6 Å². The Morgan fingerprint density at radius 3 is 2.69 bits per heavy atom. The van der Waals surface area contributed by atoms with Gasteiger partial charge in [0.1, 0.15) is 5.78 Å². The van der Waals surface area contributed by atoms with Crippen LogP contribution in [0.5, 0.6) is 0 Å². The minimum absolute atomic E-state index is 0.00509. The Kier molecular flexibility index (Phi) is 4.84. The summed E-state index contributed by atoms with van der Waals surface area (Å²) in [6.07, 6.45) is 1.70. The summed E-state index contributed by atoms with van der Waals surface area (Å²) >= 11 is 1.82. The fraction of sp³-hybridized carbons (Fsp3) is 0.833. The van der Waals surface area contributed by atoms with Crippen LogP contribution in [0.15, 0.2) is 0 Å². The Balaban J connectivity index is 2.68. The Labute approximate surface area is 101 Å². The maximum absolute atomic E-state index is 12.1. The van der Waals surface area contributed by atoms with E-state index < -0.39 is 11.9 Å². The van der Waals surface area contributed by atoms with E-state index in [1.165, 1.54) is 0 Å². The highest BCUT2D eigenvalue weighted by Crippen LogP contribution is 2.36. The second-order valence-corrected chi connectivity index (χ2v) is 6.01. The number of thioether (sulfide) groups is 1. The van der Waals surface area contributed by atoms with Crippen LogP contribution in [-0.2, 0) is 9.59 Å². The zero-order valence-electron chi connectivity index (χ0n) is 10.1. The van der Waals surface area contributed by atoms with Gasteiger partial charge >= 0.3 is 5.97 Å². The van der Waals surface area contributed by atoms with E-state index in [2.05, 4.69) is 6.92 Å². The largest absolute Gasteiger partial charge is 0.481 e. The molecule has 0 spiro atoms. The molecule has 1 saturated carbocycles. The highest BCUT2D eigenvalue weighted by Gasteiger charge is 2.39. The van der Waals surface area contributed by atoms with Crippen LogP contribution in [-0.4, -0.2) is 27.9 Å². The molecule has 0 heterocycles. The molecule has 2 unspecified atom stereocenters. The van der Waals surface area contributed by atoms with Crippen molar-refractivity contribution >= 4 is 23.5 Å². The standard InChI is InChI=1S/C12H20O3S/c1-4-16-10-6-5-9(7(2)12(14)15)11(13)8(10)3/h7-10H,4-6H2,1-3H3,(H,14,15)/t7-,8-,9?,10?/m0/s1. The lowest BCUT2D eigenvalue weighted by Gasteiger charge is -2.34. The highest BCUT2D eigenvalue weighted by molar-refractivity contribution is 7.99. The number of Topliss-reactive ketones (excluding diaryl/α,β-unsaturated/α-hetero) is 1. The van der Waals surface area contributed by atoms with E-state index >= 15 is 0 Å². The Hall–Kier alpha value is -0.510. The van der Waals surface area contributed by atoms with Crippen molar-refractivity contribution in [2.75, 3.05) is 5.75 Å². The van der Waals surface area contributed by atoms with E-state index in [-0.39, 0.29) is 17.6 Å². The normalized spacial score (nSPS) is 32.4. The third-order valence-electron chi connectivity index (χ3n) is 3.51. The van der Waals surface area contributed by atoms with Gasteiger partial charge in [-0.1, -0.05) is 20.8 Å². The predicted octanol–water partition coefficient (Wildman–Crippen LogP) is 2.44. The number of carboxylic acids is 1. The molecule has 1 fully saturated rings. The molecule has 0 aromatic carbocycles. The summed E-state index contributed by atoms with van der Waals surface area (Å²) in [5.41, 5.74) is 0. The smallest absolute Gasteiger partial charge is 0.306 e. The van der Waals surface area contributed by atoms with Gasteiger partial charge in [0, 0.05) is 17.1 Å². The maximum Gasteiger partial charge on any atom is 0.306 e. The fourth-order valence-corrected chi connectivity index (χ4v) is 3.52. The Bertz CT molecular complexity index is 277. The van der Waals surface area contributed by atoms with E-state index in [9.17, 15) is 9.59 Å². The average Bonchev–Trinajstić information content (AvgIpc) is 2.24. The first kappa shape index (κ1) is 13.6. The molecule has 92 valence electrons. The maximum atomic E-state index is 12.1. The summed E-state index contributed by atoms with van der Waals surface area (Å²) in [6.45, 7) is 5.68. The van der Waals surface area contributed by atoms with Gasteiger partial charge in [-0.15, -0.1) is 0 Å². The zero-order valence-corrected chi connectivity index (χ0v) is 10.9. The van der Waals surface area contributed by atoms with Gasteiger partial charge in [0.05, 0.1) is 5.92 Å². The lowest BCUT2D eigenvalue weighted by molar-refractivity contribution is -0.147. The number of carbonyl (C=O) groups excluding carboxylic acids is 1. The van der Waals surface area contributed by atoms with Gasteiger partial charge in [0.2, 0.25) is 0 Å². The third kappa shape index (κ3) is 2.78. The van der Waals surface area contributed by atoms with Crippen molar-refractivity contribution in [2.45, 2.75) is 38.9 Å². The van der Waals surface area contributed by atoms with Gasteiger partial charge in [0.15, 0.2) is 0 Å². The molecule has 0 bridgehead atoms. The van der Waals surface area contributed by atoms with Crippen molar-refractivity contribution < 1.29 is 14.7 Å². The molecule has 0 aliphatic heterocycles. The molecule has 0 aromatic heterocycles. The molecule has 3 nitrogen and oxygen atoms in total. The van der Waals surface area contributed by atoms with Gasteiger partial charge in [0.25, 0.3) is 0 Å². The molecule has 0 amide bonds. The molecule has 4 heteroatoms. The van der Waals surface area contributed by atoms with Crippen molar-refractivity contribution in [1.29, 1.82) is 0 Å². The first-order valence-corrected chi connectivity index (χ1v) is 6.92. The number of hydrogen-bond donors (Lipinski definition) is 1. The number of carboxylic acid groups (broad SMARTS) is 1. The summed E-state index contributed by atoms with van der Waals surface area (Å²) in [7, 11) is 0. The molecule has 0 aromatic rings. The van der Waals surface area contributed by atoms with Gasteiger partial charge in [-0.2, -0.15) is 11.8 Å². The van der Waals surface area contributed by atoms with Crippen LogP contribution in [0.1, 0.15) is 33.6 Å². The van der Waals surface area contributed by atoms with Crippen LogP contribution in [0.3, 0.4) is 0 Å². The SMILES string of the molecule is CCSC1CCC([C@H](C)C(=O)O)C(=O)[C@H]1C. The molecular weight excluding hydrogens is 224 g/mol. The third-order valence-corrected chi connectivity index (χ3v) is 4.91. The fourth-order valence-electron chi connectivity index (χ4n) is 2.37. The number of hydrogen-bond acceptors (Lipinski definition) is 3.